The molecule has 0 spiro atoms. The second kappa shape index (κ2) is 5.84. The fraction of sp³-hybridized carbons (Fsp3) is 0.818. The number of esters is 1. The number of ether oxygens (including phenoxy) is 2. The summed E-state index contributed by atoms with van der Waals surface area (Å²) < 4.78 is 10.1. The van der Waals surface area contributed by atoms with Crippen molar-refractivity contribution in [2.24, 2.45) is 5.92 Å². The van der Waals surface area contributed by atoms with E-state index in [2.05, 4.69) is 0 Å². The number of carbonyl (C=O) groups is 2. The highest BCUT2D eigenvalue weighted by molar-refractivity contribution is 5.75. The predicted octanol–water partition coefficient (Wildman–Crippen LogP) is 1.21. The number of carbonyl (C=O) groups excluding carboxylic acids is 1. The highest BCUT2D eigenvalue weighted by Crippen LogP contribution is 2.25. The molecule has 0 aromatic rings. The van der Waals surface area contributed by atoms with Crippen LogP contribution in [0.3, 0.4) is 0 Å². The van der Waals surface area contributed by atoms with Crippen LogP contribution in [-0.2, 0) is 19.1 Å². The zero-order valence-corrected chi connectivity index (χ0v) is 9.64. The zero-order valence-electron chi connectivity index (χ0n) is 9.64. The van der Waals surface area contributed by atoms with Gasteiger partial charge in [-0.25, -0.2) is 0 Å². The molecule has 3 unspecified atom stereocenters. The molecular formula is C11H18O5. The lowest BCUT2D eigenvalue weighted by Gasteiger charge is -2.19. The van der Waals surface area contributed by atoms with Crippen LogP contribution in [0.25, 0.3) is 0 Å². The predicted molar refractivity (Wildman–Crippen MR) is 55.9 cm³/mol. The van der Waals surface area contributed by atoms with Gasteiger partial charge in [-0.3, -0.25) is 9.59 Å². The second-order valence-electron chi connectivity index (χ2n) is 4.14. The van der Waals surface area contributed by atoms with Gasteiger partial charge in [-0.1, -0.05) is 0 Å². The number of rotatable bonds is 6. The normalized spacial score (nSPS) is 23.9. The summed E-state index contributed by atoms with van der Waals surface area (Å²) >= 11 is 0. The van der Waals surface area contributed by atoms with Gasteiger partial charge in [0.25, 0.3) is 0 Å². The SMILES string of the molecule is COC(C)CCC(C(=O)O)C1CCC(=O)O1. The van der Waals surface area contributed by atoms with Crippen molar-refractivity contribution in [1.29, 1.82) is 0 Å². The van der Waals surface area contributed by atoms with Crippen LogP contribution < -0.4 is 0 Å². The zero-order chi connectivity index (χ0) is 12.1. The molecule has 0 aliphatic carbocycles. The Bertz CT molecular complexity index is 263. The van der Waals surface area contributed by atoms with E-state index in [1.807, 2.05) is 6.92 Å². The molecule has 0 radical (unpaired) electrons. The summed E-state index contributed by atoms with van der Waals surface area (Å²) in [5.74, 6) is -1.80. The Morgan fingerprint density at radius 3 is 2.75 bits per heavy atom. The average molecular weight is 230 g/mol. The summed E-state index contributed by atoms with van der Waals surface area (Å²) in [5, 5.41) is 9.07. The Kier molecular flexibility index (Phi) is 4.73. The van der Waals surface area contributed by atoms with Crippen molar-refractivity contribution in [2.75, 3.05) is 7.11 Å². The monoisotopic (exact) mass is 230 g/mol. The third-order valence-corrected chi connectivity index (χ3v) is 2.97. The maximum Gasteiger partial charge on any atom is 0.310 e. The van der Waals surface area contributed by atoms with Crippen LogP contribution in [0.4, 0.5) is 0 Å². The van der Waals surface area contributed by atoms with Gasteiger partial charge in [-0.05, 0) is 26.2 Å². The first-order chi connectivity index (χ1) is 7.54. The lowest BCUT2D eigenvalue weighted by Crippen LogP contribution is -2.29. The Hall–Kier alpha value is -1.10. The van der Waals surface area contributed by atoms with E-state index in [4.69, 9.17) is 14.6 Å². The van der Waals surface area contributed by atoms with Crippen LogP contribution in [0, 0.1) is 5.92 Å². The molecule has 5 heteroatoms. The molecule has 3 atom stereocenters. The molecule has 1 aliphatic heterocycles. The summed E-state index contributed by atoms with van der Waals surface area (Å²) in [4.78, 5) is 22.0. The number of methoxy groups -OCH3 is 1. The molecule has 5 nitrogen and oxygen atoms in total. The van der Waals surface area contributed by atoms with Gasteiger partial charge in [0, 0.05) is 13.5 Å². The third kappa shape index (κ3) is 3.48. The van der Waals surface area contributed by atoms with Gasteiger partial charge in [0.1, 0.15) is 6.10 Å². The molecule has 1 aliphatic rings. The number of hydrogen-bond acceptors (Lipinski definition) is 4. The van der Waals surface area contributed by atoms with Crippen LogP contribution in [0.5, 0.6) is 0 Å². The summed E-state index contributed by atoms with van der Waals surface area (Å²) in [6.45, 7) is 1.89. The number of hydrogen-bond donors (Lipinski definition) is 1. The summed E-state index contributed by atoms with van der Waals surface area (Å²) in [6.07, 6.45) is 1.53. The molecule has 0 amide bonds. The quantitative estimate of drug-likeness (QED) is 0.694. The van der Waals surface area contributed by atoms with E-state index in [0.717, 1.165) is 0 Å². The van der Waals surface area contributed by atoms with Crippen LogP contribution in [0.2, 0.25) is 0 Å². The molecule has 92 valence electrons. The summed E-state index contributed by atoms with van der Waals surface area (Å²) in [6, 6.07) is 0. The maximum atomic E-state index is 11.1. The Balaban J connectivity index is 2.48. The minimum atomic E-state index is -0.900. The molecule has 16 heavy (non-hydrogen) atoms. The van der Waals surface area contributed by atoms with E-state index in [9.17, 15) is 9.59 Å². The standard InChI is InChI=1S/C11H18O5/c1-7(15-2)3-4-8(11(13)14)9-5-6-10(12)16-9/h7-9H,3-6H2,1-2H3,(H,13,14). The summed E-state index contributed by atoms with van der Waals surface area (Å²) in [7, 11) is 1.59. The summed E-state index contributed by atoms with van der Waals surface area (Å²) in [5.41, 5.74) is 0. The van der Waals surface area contributed by atoms with Crippen LogP contribution >= 0.6 is 0 Å². The smallest absolute Gasteiger partial charge is 0.310 e. The molecule has 1 rings (SSSR count). The molecule has 0 aromatic carbocycles. The average Bonchev–Trinajstić information content (AvgIpc) is 2.64. The number of carboxylic acid groups (broad SMARTS) is 1. The Labute approximate surface area is 94.7 Å². The number of cyclic esters (lactones) is 1. The Morgan fingerprint density at radius 2 is 2.31 bits per heavy atom. The van der Waals surface area contributed by atoms with Crippen molar-refractivity contribution in [3.05, 3.63) is 0 Å². The molecule has 0 saturated carbocycles. The van der Waals surface area contributed by atoms with Crippen molar-refractivity contribution in [3.8, 4) is 0 Å². The molecule has 1 N–H and O–H groups in total. The maximum absolute atomic E-state index is 11.1. The lowest BCUT2D eigenvalue weighted by atomic mass is 9.94. The van der Waals surface area contributed by atoms with E-state index in [-0.39, 0.29) is 12.1 Å². The van der Waals surface area contributed by atoms with Gasteiger partial charge in [0.2, 0.25) is 0 Å². The van der Waals surface area contributed by atoms with Crippen molar-refractivity contribution >= 4 is 11.9 Å². The molecule has 1 heterocycles. The first-order valence-corrected chi connectivity index (χ1v) is 5.49. The Morgan fingerprint density at radius 1 is 1.62 bits per heavy atom. The van der Waals surface area contributed by atoms with E-state index in [1.54, 1.807) is 7.11 Å². The highest BCUT2D eigenvalue weighted by Gasteiger charge is 2.35. The van der Waals surface area contributed by atoms with Gasteiger partial charge in [-0.15, -0.1) is 0 Å². The van der Waals surface area contributed by atoms with Crippen molar-refractivity contribution in [3.63, 3.8) is 0 Å². The minimum absolute atomic E-state index is 0.0268. The largest absolute Gasteiger partial charge is 0.481 e. The van der Waals surface area contributed by atoms with Gasteiger partial charge < -0.3 is 14.6 Å². The molecule has 0 bridgehead atoms. The lowest BCUT2D eigenvalue weighted by molar-refractivity contribution is -0.152. The van der Waals surface area contributed by atoms with Crippen LogP contribution in [0.1, 0.15) is 32.6 Å². The fourth-order valence-electron chi connectivity index (χ4n) is 1.83. The van der Waals surface area contributed by atoms with Gasteiger partial charge in [-0.2, -0.15) is 0 Å². The molecule has 1 fully saturated rings. The first kappa shape index (κ1) is 13.0. The van der Waals surface area contributed by atoms with Gasteiger partial charge in [0.05, 0.1) is 12.0 Å². The van der Waals surface area contributed by atoms with Crippen LogP contribution in [-0.4, -0.2) is 36.4 Å². The molecule has 0 aromatic heterocycles. The third-order valence-electron chi connectivity index (χ3n) is 2.97. The topological polar surface area (TPSA) is 72.8 Å². The number of aliphatic carboxylic acids is 1. The van der Waals surface area contributed by atoms with Crippen molar-refractivity contribution < 1.29 is 24.2 Å². The van der Waals surface area contributed by atoms with E-state index < -0.39 is 18.0 Å². The van der Waals surface area contributed by atoms with E-state index in [0.29, 0.717) is 25.7 Å². The molecule has 1 saturated heterocycles. The minimum Gasteiger partial charge on any atom is -0.481 e. The first-order valence-electron chi connectivity index (χ1n) is 5.49. The van der Waals surface area contributed by atoms with Crippen LogP contribution in [0.15, 0.2) is 0 Å². The van der Waals surface area contributed by atoms with Crippen molar-refractivity contribution in [1.82, 2.24) is 0 Å². The van der Waals surface area contributed by atoms with Crippen molar-refractivity contribution in [2.45, 2.75) is 44.8 Å². The van der Waals surface area contributed by atoms with E-state index >= 15 is 0 Å². The fourth-order valence-corrected chi connectivity index (χ4v) is 1.83. The number of carboxylic acids is 1. The van der Waals surface area contributed by atoms with Gasteiger partial charge in [0.15, 0.2) is 0 Å². The van der Waals surface area contributed by atoms with E-state index in [1.165, 1.54) is 0 Å². The second-order valence-corrected chi connectivity index (χ2v) is 4.14. The molecular weight excluding hydrogens is 212 g/mol. The highest BCUT2D eigenvalue weighted by atomic mass is 16.6. The van der Waals surface area contributed by atoms with Gasteiger partial charge >= 0.3 is 11.9 Å².